The summed E-state index contributed by atoms with van der Waals surface area (Å²) in [5, 5.41) is 39.4. The Hall–Kier alpha value is -1.58. The zero-order valence-electron chi connectivity index (χ0n) is 15.3. The van der Waals surface area contributed by atoms with Gasteiger partial charge in [-0.1, -0.05) is 0 Å². The molecule has 8 nitrogen and oxygen atoms in total. The van der Waals surface area contributed by atoms with Crippen molar-refractivity contribution in [2.24, 2.45) is 0 Å². The van der Waals surface area contributed by atoms with Gasteiger partial charge >= 0.3 is 0 Å². The Balaban J connectivity index is 1.96. The molecule has 2 rings (SSSR count). The Morgan fingerprint density at radius 2 is 1.65 bits per heavy atom. The highest BCUT2D eigenvalue weighted by Gasteiger charge is 2.38. The number of hydrogen-bond acceptors (Lipinski definition) is 8. The van der Waals surface area contributed by atoms with Crippen LogP contribution < -0.4 is 14.2 Å². The largest absolute Gasteiger partial charge is 0.493 e. The second-order valence-electron chi connectivity index (χ2n) is 6.38. The molecular formula is C18H28O8. The first-order valence-corrected chi connectivity index (χ1v) is 8.54. The van der Waals surface area contributed by atoms with Crippen LogP contribution in [0.1, 0.15) is 18.4 Å². The van der Waals surface area contributed by atoms with Gasteiger partial charge in [-0.2, -0.15) is 0 Å². The Labute approximate surface area is 152 Å². The van der Waals surface area contributed by atoms with Crippen LogP contribution in [0.4, 0.5) is 0 Å². The quantitative estimate of drug-likeness (QED) is 0.499. The third kappa shape index (κ3) is 4.77. The van der Waals surface area contributed by atoms with Crippen molar-refractivity contribution in [2.45, 2.75) is 49.8 Å². The second kappa shape index (κ2) is 9.38. The molecule has 2 unspecified atom stereocenters. The Kier molecular flexibility index (Phi) is 7.48. The lowest BCUT2D eigenvalue weighted by molar-refractivity contribution is -0.193. The number of ether oxygens (including phenoxy) is 4. The van der Waals surface area contributed by atoms with Crippen molar-refractivity contribution in [2.75, 3.05) is 27.9 Å². The number of rotatable bonds is 8. The summed E-state index contributed by atoms with van der Waals surface area (Å²) in [6, 6.07) is 3.64. The van der Waals surface area contributed by atoms with Crippen molar-refractivity contribution in [1.29, 1.82) is 0 Å². The lowest BCUT2D eigenvalue weighted by Gasteiger charge is -2.36. The van der Waals surface area contributed by atoms with Gasteiger partial charge < -0.3 is 39.4 Å². The van der Waals surface area contributed by atoms with Gasteiger partial charge in [-0.05, 0) is 30.5 Å². The normalized spacial score (nSPS) is 27.0. The van der Waals surface area contributed by atoms with Crippen LogP contribution in [0.2, 0.25) is 0 Å². The van der Waals surface area contributed by atoms with Crippen molar-refractivity contribution in [3.05, 3.63) is 17.7 Å². The minimum Gasteiger partial charge on any atom is -0.493 e. The van der Waals surface area contributed by atoms with E-state index in [0.717, 1.165) is 5.56 Å². The van der Waals surface area contributed by atoms with E-state index in [9.17, 15) is 20.4 Å². The molecular weight excluding hydrogens is 344 g/mol. The van der Waals surface area contributed by atoms with E-state index in [0.29, 0.717) is 30.1 Å². The molecule has 1 aliphatic heterocycles. The van der Waals surface area contributed by atoms with Crippen molar-refractivity contribution in [1.82, 2.24) is 0 Å². The van der Waals surface area contributed by atoms with E-state index in [1.165, 1.54) is 21.3 Å². The van der Waals surface area contributed by atoms with Gasteiger partial charge in [0.15, 0.2) is 11.5 Å². The lowest BCUT2D eigenvalue weighted by atomic mass is 9.94. The molecule has 0 bridgehead atoms. The van der Waals surface area contributed by atoms with Crippen LogP contribution in [-0.2, 0) is 11.2 Å². The van der Waals surface area contributed by atoms with E-state index in [1.807, 2.05) is 12.1 Å². The first-order valence-electron chi connectivity index (χ1n) is 8.54. The SMILES string of the molecule is COc1cc(CCC(O)CC2OC[C@@H](O)[C@H](O)[C@H]2O)cc(OC)c1OC. The lowest BCUT2D eigenvalue weighted by Crippen LogP contribution is -2.53. The second-order valence-corrected chi connectivity index (χ2v) is 6.38. The van der Waals surface area contributed by atoms with Gasteiger partial charge in [0.1, 0.15) is 18.3 Å². The number of methoxy groups -OCH3 is 3. The molecule has 0 aromatic heterocycles. The third-order valence-corrected chi connectivity index (χ3v) is 4.60. The van der Waals surface area contributed by atoms with Crippen molar-refractivity contribution in [3.8, 4) is 17.2 Å². The monoisotopic (exact) mass is 372 g/mol. The molecule has 8 heteroatoms. The molecule has 0 aliphatic carbocycles. The average Bonchev–Trinajstić information content (AvgIpc) is 2.65. The summed E-state index contributed by atoms with van der Waals surface area (Å²) in [7, 11) is 4.61. The summed E-state index contributed by atoms with van der Waals surface area (Å²) in [6.45, 7) is -0.0670. The molecule has 148 valence electrons. The summed E-state index contributed by atoms with van der Waals surface area (Å²) in [5.41, 5.74) is 0.902. The predicted octanol–water partition coefficient (Wildman–Crippen LogP) is -0.123. The molecule has 5 atom stereocenters. The molecule has 1 aromatic rings. The maximum absolute atomic E-state index is 10.3. The van der Waals surface area contributed by atoms with Crippen LogP contribution in [0.15, 0.2) is 12.1 Å². The number of aryl methyl sites for hydroxylation is 1. The molecule has 1 fully saturated rings. The minimum absolute atomic E-state index is 0.0670. The van der Waals surface area contributed by atoms with Crippen LogP contribution in [0.25, 0.3) is 0 Å². The fourth-order valence-electron chi connectivity index (χ4n) is 3.07. The standard InChI is InChI=1S/C18H28O8/c1-23-14-6-10(7-15(24-2)18(14)25-3)4-5-11(19)8-13-17(22)16(21)12(20)9-26-13/h6-7,11-13,16-17,19-22H,4-5,8-9H2,1-3H3/t11?,12-,13?,16+,17+/m1/s1. The molecule has 1 heterocycles. The highest BCUT2D eigenvalue weighted by Crippen LogP contribution is 2.38. The van der Waals surface area contributed by atoms with Gasteiger partial charge in [0.25, 0.3) is 0 Å². The molecule has 1 aromatic carbocycles. The van der Waals surface area contributed by atoms with Crippen LogP contribution >= 0.6 is 0 Å². The maximum Gasteiger partial charge on any atom is 0.203 e. The van der Waals surface area contributed by atoms with Gasteiger partial charge in [-0.3, -0.25) is 0 Å². The van der Waals surface area contributed by atoms with E-state index < -0.39 is 30.5 Å². The number of aliphatic hydroxyl groups is 4. The predicted molar refractivity (Wildman–Crippen MR) is 92.8 cm³/mol. The zero-order valence-corrected chi connectivity index (χ0v) is 15.3. The molecule has 0 radical (unpaired) electrons. The maximum atomic E-state index is 10.3. The van der Waals surface area contributed by atoms with E-state index >= 15 is 0 Å². The summed E-state index contributed by atoms with van der Waals surface area (Å²) < 4.78 is 21.2. The topological polar surface area (TPSA) is 118 Å². The first kappa shape index (κ1) is 20.7. The molecule has 4 N–H and O–H groups in total. The van der Waals surface area contributed by atoms with Gasteiger partial charge in [0.2, 0.25) is 5.75 Å². The summed E-state index contributed by atoms with van der Waals surface area (Å²) >= 11 is 0. The molecule has 0 spiro atoms. The molecule has 0 amide bonds. The van der Waals surface area contributed by atoms with Crippen molar-refractivity contribution < 1.29 is 39.4 Å². The highest BCUT2D eigenvalue weighted by molar-refractivity contribution is 5.53. The van der Waals surface area contributed by atoms with Gasteiger partial charge in [-0.25, -0.2) is 0 Å². The van der Waals surface area contributed by atoms with Gasteiger partial charge in [0.05, 0.1) is 40.1 Å². The van der Waals surface area contributed by atoms with Crippen LogP contribution in [0.3, 0.4) is 0 Å². The Morgan fingerprint density at radius 3 is 2.19 bits per heavy atom. The number of hydrogen-bond donors (Lipinski definition) is 4. The van der Waals surface area contributed by atoms with Crippen LogP contribution in [-0.4, -0.2) is 78.9 Å². The van der Waals surface area contributed by atoms with E-state index in [-0.39, 0.29) is 13.0 Å². The molecule has 26 heavy (non-hydrogen) atoms. The van der Waals surface area contributed by atoms with E-state index in [4.69, 9.17) is 18.9 Å². The fourth-order valence-corrected chi connectivity index (χ4v) is 3.07. The van der Waals surface area contributed by atoms with Crippen molar-refractivity contribution >= 4 is 0 Å². The van der Waals surface area contributed by atoms with Crippen molar-refractivity contribution in [3.63, 3.8) is 0 Å². The van der Waals surface area contributed by atoms with Crippen LogP contribution in [0, 0.1) is 0 Å². The minimum atomic E-state index is -1.27. The molecule has 1 saturated heterocycles. The molecule has 0 saturated carbocycles. The number of aliphatic hydroxyl groups excluding tert-OH is 4. The van der Waals surface area contributed by atoms with E-state index in [1.54, 1.807) is 0 Å². The van der Waals surface area contributed by atoms with Crippen LogP contribution in [0.5, 0.6) is 17.2 Å². The van der Waals surface area contributed by atoms with Gasteiger partial charge in [0, 0.05) is 6.42 Å². The zero-order chi connectivity index (χ0) is 19.3. The number of benzene rings is 1. The first-order chi connectivity index (χ1) is 12.4. The summed E-state index contributed by atoms with van der Waals surface area (Å²) in [6.07, 6.45) is -3.94. The summed E-state index contributed by atoms with van der Waals surface area (Å²) in [5.74, 6) is 1.59. The molecule has 1 aliphatic rings. The third-order valence-electron chi connectivity index (χ3n) is 4.60. The Morgan fingerprint density at radius 1 is 1.04 bits per heavy atom. The highest BCUT2D eigenvalue weighted by atomic mass is 16.5. The summed E-state index contributed by atoms with van der Waals surface area (Å²) in [4.78, 5) is 0. The fraction of sp³-hybridized carbons (Fsp3) is 0.667. The average molecular weight is 372 g/mol. The Bertz CT molecular complexity index is 553. The van der Waals surface area contributed by atoms with E-state index in [2.05, 4.69) is 0 Å². The smallest absolute Gasteiger partial charge is 0.203 e. The van der Waals surface area contributed by atoms with Gasteiger partial charge in [-0.15, -0.1) is 0 Å².